The number of fused-ring (bicyclic) bond motifs is 2. The Hall–Kier alpha value is -3.68. The van der Waals surface area contributed by atoms with Gasteiger partial charge in [-0.2, -0.15) is 5.10 Å². The van der Waals surface area contributed by atoms with Gasteiger partial charge in [0.25, 0.3) is 0 Å². The maximum Gasteiger partial charge on any atom is 0.431 e. The molecule has 0 amide bonds. The molecule has 0 aliphatic carbocycles. The number of benzene rings is 1. The lowest BCUT2D eigenvalue weighted by Crippen LogP contribution is -2.50. The summed E-state index contributed by atoms with van der Waals surface area (Å²) in [7, 11) is 0. The summed E-state index contributed by atoms with van der Waals surface area (Å²) in [5.41, 5.74) is 3.43. The summed E-state index contributed by atoms with van der Waals surface area (Å²) in [5.74, 6) is 1.15. The molecule has 156 valence electrons. The van der Waals surface area contributed by atoms with Crippen LogP contribution in [0.15, 0.2) is 52.5 Å². The standard InChI is InChI=1S/C23H24N7O/c1-3-4-8-11-29-20-12-19(25-21(20)22(31)30-16(2)26-27-23(29)30)18-13-24-28(15-18)14-17-9-6-5-7-10-17/h5-7,9-10,12-13,15H,3-4,8,11,14H2,1-2H3/q+1. The largest absolute Gasteiger partial charge is 0.431 e. The highest BCUT2D eigenvalue weighted by Crippen LogP contribution is 2.20. The molecule has 1 aromatic carbocycles. The molecule has 4 heterocycles. The van der Waals surface area contributed by atoms with Crippen molar-refractivity contribution in [2.45, 2.75) is 46.2 Å². The van der Waals surface area contributed by atoms with Crippen molar-refractivity contribution < 1.29 is 4.57 Å². The molecule has 1 aliphatic heterocycles. The molecule has 0 saturated heterocycles. The number of aryl methyl sites for hydroxylation is 2. The van der Waals surface area contributed by atoms with E-state index in [2.05, 4.69) is 38.9 Å². The van der Waals surface area contributed by atoms with E-state index in [1.807, 2.05) is 35.2 Å². The molecule has 0 N–H and O–H groups in total. The topological polar surface area (TPSA) is 81.3 Å². The average Bonchev–Trinajstić information content (AvgIpc) is 3.50. The average molecular weight is 414 g/mol. The fraction of sp³-hybridized carbons (Fsp3) is 0.304. The Morgan fingerprint density at radius 3 is 2.74 bits per heavy atom. The van der Waals surface area contributed by atoms with E-state index in [9.17, 15) is 4.79 Å². The van der Waals surface area contributed by atoms with E-state index >= 15 is 0 Å². The van der Waals surface area contributed by atoms with Crippen molar-refractivity contribution in [2.75, 3.05) is 0 Å². The van der Waals surface area contributed by atoms with Crippen LogP contribution in [0.1, 0.15) is 48.8 Å². The third-order valence-electron chi connectivity index (χ3n) is 5.60. The minimum Gasteiger partial charge on any atom is -0.268 e. The first-order chi connectivity index (χ1) is 15.2. The van der Waals surface area contributed by atoms with E-state index in [0.717, 1.165) is 42.8 Å². The predicted molar refractivity (Wildman–Crippen MR) is 116 cm³/mol. The Morgan fingerprint density at radius 1 is 1.10 bits per heavy atom. The molecule has 0 unspecified atom stereocenters. The second kappa shape index (κ2) is 7.86. The van der Waals surface area contributed by atoms with Gasteiger partial charge in [0.05, 0.1) is 25.0 Å². The fourth-order valence-electron chi connectivity index (χ4n) is 3.99. The predicted octanol–water partition coefficient (Wildman–Crippen LogP) is 1.97. The van der Waals surface area contributed by atoms with Crippen LogP contribution in [0.25, 0.3) is 17.6 Å². The Kier molecular flexibility index (Phi) is 4.89. The van der Waals surface area contributed by atoms with E-state index in [0.29, 0.717) is 23.5 Å². The zero-order valence-corrected chi connectivity index (χ0v) is 17.7. The van der Waals surface area contributed by atoms with Crippen molar-refractivity contribution in [3.63, 3.8) is 0 Å². The molecule has 31 heavy (non-hydrogen) atoms. The molecule has 8 heteroatoms. The second-order valence-corrected chi connectivity index (χ2v) is 7.83. The first-order valence-electron chi connectivity index (χ1n) is 10.6. The fourth-order valence-corrected chi connectivity index (χ4v) is 3.99. The summed E-state index contributed by atoms with van der Waals surface area (Å²) in [4.78, 5) is 17.8. The van der Waals surface area contributed by atoms with Crippen molar-refractivity contribution in [2.24, 2.45) is 4.99 Å². The smallest absolute Gasteiger partial charge is 0.268 e. The number of rotatable bonds is 7. The van der Waals surface area contributed by atoms with E-state index < -0.39 is 0 Å². The molecular formula is C23H24N7O+. The highest BCUT2D eigenvalue weighted by atomic mass is 16.1. The quantitative estimate of drug-likeness (QED) is 0.342. The molecule has 8 nitrogen and oxygen atoms in total. The van der Waals surface area contributed by atoms with Gasteiger partial charge in [-0.1, -0.05) is 50.1 Å². The van der Waals surface area contributed by atoms with E-state index in [-0.39, 0.29) is 5.56 Å². The van der Waals surface area contributed by atoms with Crippen LogP contribution >= 0.6 is 0 Å². The van der Waals surface area contributed by atoms with Crippen molar-refractivity contribution in [1.82, 2.24) is 24.4 Å². The third kappa shape index (κ3) is 3.43. The molecular weight excluding hydrogens is 390 g/mol. The molecule has 0 fully saturated rings. The van der Waals surface area contributed by atoms with Gasteiger partial charge in [-0.3, -0.25) is 4.68 Å². The van der Waals surface area contributed by atoms with E-state index in [4.69, 9.17) is 4.99 Å². The van der Waals surface area contributed by atoms with Crippen LogP contribution in [-0.2, 0) is 13.1 Å². The monoisotopic (exact) mass is 414 g/mol. The van der Waals surface area contributed by atoms with Crippen LogP contribution < -0.4 is 15.5 Å². The van der Waals surface area contributed by atoms with E-state index in [1.165, 1.54) is 5.56 Å². The molecule has 5 rings (SSSR count). The zero-order valence-electron chi connectivity index (χ0n) is 17.7. The van der Waals surface area contributed by atoms with Crippen molar-refractivity contribution in [3.8, 4) is 0 Å². The highest BCUT2D eigenvalue weighted by molar-refractivity contribution is 5.81. The first-order valence-corrected chi connectivity index (χ1v) is 10.6. The maximum atomic E-state index is 13.1. The molecule has 0 radical (unpaired) electrons. The Balaban J connectivity index is 1.55. The van der Waals surface area contributed by atoms with Gasteiger partial charge in [0.1, 0.15) is 5.69 Å². The van der Waals surface area contributed by atoms with Crippen molar-refractivity contribution in [1.29, 1.82) is 0 Å². The molecule has 0 atom stereocenters. The number of nitrogens with zero attached hydrogens (tertiary/aromatic N) is 7. The van der Waals surface area contributed by atoms with Gasteiger partial charge in [-0.25, -0.2) is 14.4 Å². The molecule has 0 spiro atoms. The summed E-state index contributed by atoms with van der Waals surface area (Å²) in [6, 6.07) is 10.2. The highest BCUT2D eigenvalue weighted by Gasteiger charge is 2.27. The maximum absolute atomic E-state index is 13.1. The van der Waals surface area contributed by atoms with Gasteiger partial charge < -0.3 is 0 Å². The van der Waals surface area contributed by atoms with Gasteiger partial charge >= 0.3 is 11.3 Å². The summed E-state index contributed by atoms with van der Waals surface area (Å²) in [6.45, 7) is 5.42. The summed E-state index contributed by atoms with van der Waals surface area (Å²) >= 11 is 0. The molecule has 0 saturated carbocycles. The lowest BCUT2D eigenvalue weighted by molar-refractivity contribution is -0.679. The molecule has 4 aromatic rings. The van der Waals surface area contributed by atoms with Gasteiger partial charge in [-0.15, -0.1) is 4.40 Å². The number of hydrogen-bond donors (Lipinski definition) is 0. The van der Waals surface area contributed by atoms with Crippen LogP contribution in [0, 0.1) is 6.92 Å². The minimum atomic E-state index is -0.179. The molecule has 0 bridgehead atoms. The second-order valence-electron chi connectivity index (χ2n) is 7.83. The molecule has 1 aliphatic rings. The Labute approximate surface area is 179 Å². The van der Waals surface area contributed by atoms with Crippen molar-refractivity contribution >= 4 is 17.6 Å². The summed E-state index contributed by atoms with van der Waals surface area (Å²) in [5, 5.41) is 13.3. The van der Waals surface area contributed by atoms with Crippen LogP contribution in [0.2, 0.25) is 0 Å². The Morgan fingerprint density at radius 2 is 1.94 bits per heavy atom. The first kappa shape index (κ1) is 19.3. The summed E-state index contributed by atoms with van der Waals surface area (Å²) < 4.78 is 5.51. The summed E-state index contributed by atoms with van der Waals surface area (Å²) in [6.07, 6.45) is 8.98. The number of unbranched alkanes of at least 4 members (excludes halogenated alkanes) is 2. The van der Waals surface area contributed by atoms with E-state index in [1.54, 1.807) is 17.5 Å². The SMILES string of the molecule is CCCCC[n+]1c2c(c(=O)n3c(C)nnc31)=NC(c1cnn(Cc3ccccc3)c1)=C2. The van der Waals surface area contributed by atoms with Crippen LogP contribution in [0.3, 0.4) is 0 Å². The normalized spacial score (nSPS) is 12.8. The lowest BCUT2D eigenvalue weighted by atomic mass is 10.2. The Bertz CT molecular complexity index is 1400. The van der Waals surface area contributed by atoms with Gasteiger partial charge in [-0.05, 0) is 17.1 Å². The van der Waals surface area contributed by atoms with Gasteiger partial charge in [0.2, 0.25) is 5.82 Å². The van der Waals surface area contributed by atoms with Crippen molar-refractivity contribution in [3.05, 3.63) is 81.1 Å². The zero-order chi connectivity index (χ0) is 21.4. The lowest BCUT2D eigenvalue weighted by Gasteiger charge is -2.04. The van der Waals surface area contributed by atoms with Gasteiger partial charge in [0, 0.05) is 29.9 Å². The van der Waals surface area contributed by atoms with Crippen LogP contribution in [-0.4, -0.2) is 24.4 Å². The minimum absolute atomic E-state index is 0.179. The number of hydrogen-bond acceptors (Lipinski definition) is 5. The van der Waals surface area contributed by atoms with Gasteiger partial charge in [0.15, 0.2) is 5.36 Å². The number of aromatic nitrogens is 6. The van der Waals surface area contributed by atoms with Crippen LogP contribution in [0.5, 0.6) is 0 Å². The molecule has 3 aromatic heterocycles. The third-order valence-corrected chi connectivity index (χ3v) is 5.60. The van der Waals surface area contributed by atoms with Crippen LogP contribution in [0.4, 0.5) is 0 Å².